The highest BCUT2D eigenvalue weighted by Gasteiger charge is 2.14. The van der Waals surface area contributed by atoms with Gasteiger partial charge in [-0.2, -0.15) is 0 Å². The molecule has 1 amide bonds. The second kappa shape index (κ2) is 8.96. The van der Waals surface area contributed by atoms with Crippen molar-refractivity contribution in [2.45, 2.75) is 20.0 Å². The minimum atomic E-state index is -0.422. The van der Waals surface area contributed by atoms with Gasteiger partial charge in [0.25, 0.3) is 5.91 Å². The molecule has 0 radical (unpaired) electrons. The van der Waals surface area contributed by atoms with E-state index in [9.17, 15) is 9.59 Å². The van der Waals surface area contributed by atoms with Crippen LogP contribution in [-0.4, -0.2) is 30.2 Å². The number of anilines is 1. The van der Waals surface area contributed by atoms with Crippen LogP contribution in [0.1, 0.15) is 34.6 Å². The number of amides is 1. The number of hydrogen-bond donors (Lipinski definition) is 2. The van der Waals surface area contributed by atoms with Crippen LogP contribution in [0.5, 0.6) is 5.75 Å². The van der Waals surface area contributed by atoms with Crippen molar-refractivity contribution in [3.8, 4) is 5.75 Å². The highest BCUT2D eigenvalue weighted by atomic mass is 32.1. The average Bonchev–Trinajstić information content (AvgIpc) is 2.61. The Hall–Kier alpha value is -2.93. The van der Waals surface area contributed by atoms with Gasteiger partial charge in [-0.1, -0.05) is 12.1 Å². The van der Waals surface area contributed by atoms with E-state index in [0.717, 1.165) is 0 Å². The maximum atomic E-state index is 12.5. The minimum Gasteiger partial charge on any atom is -0.490 e. The highest BCUT2D eigenvalue weighted by molar-refractivity contribution is 7.80. The number of carbonyl (C=O) groups is 2. The van der Waals surface area contributed by atoms with Crippen LogP contribution < -0.4 is 15.4 Å². The van der Waals surface area contributed by atoms with Gasteiger partial charge in [-0.15, -0.1) is 0 Å². The van der Waals surface area contributed by atoms with Crippen molar-refractivity contribution in [1.82, 2.24) is 5.32 Å². The van der Waals surface area contributed by atoms with E-state index >= 15 is 0 Å². The van der Waals surface area contributed by atoms with Crippen molar-refractivity contribution in [3.05, 3.63) is 59.7 Å². The zero-order chi connectivity index (χ0) is 19.1. The van der Waals surface area contributed by atoms with Gasteiger partial charge in [0.2, 0.25) is 0 Å². The molecule has 0 heterocycles. The quantitative estimate of drug-likeness (QED) is 0.619. The zero-order valence-corrected chi connectivity index (χ0v) is 15.6. The molecule has 0 aliphatic carbocycles. The number of methoxy groups -OCH3 is 1. The number of benzene rings is 2. The van der Waals surface area contributed by atoms with Crippen LogP contribution in [0.3, 0.4) is 0 Å². The molecule has 6 nitrogen and oxygen atoms in total. The van der Waals surface area contributed by atoms with Gasteiger partial charge < -0.3 is 14.8 Å². The number of ether oxygens (including phenoxy) is 2. The molecule has 2 N–H and O–H groups in total. The normalized spacial score (nSPS) is 10.2. The van der Waals surface area contributed by atoms with E-state index in [4.69, 9.17) is 17.0 Å². The van der Waals surface area contributed by atoms with E-state index in [0.29, 0.717) is 22.6 Å². The molecule has 0 aliphatic heterocycles. The summed E-state index contributed by atoms with van der Waals surface area (Å²) in [4.78, 5) is 23.9. The van der Waals surface area contributed by atoms with Gasteiger partial charge in [-0.25, -0.2) is 4.79 Å². The molecule has 0 bridgehead atoms. The molecule has 7 heteroatoms. The van der Waals surface area contributed by atoms with E-state index in [1.807, 2.05) is 13.8 Å². The average molecular weight is 372 g/mol. The molecule has 0 unspecified atom stereocenters. The third-order valence-corrected chi connectivity index (χ3v) is 3.49. The van der Waals surface area contributed by atoms with Gasteiger partial charge in [0, 0.05) is 5.69 Å². The van der Waals surface area contributed by atoms with Crippen LogP contribution in [-0.2, 0) is 4.74 Å². The topological polar surface area (TPSA) is 76.7 Å². The molecule has 2 aromatic carbocycles. The van der Waals surface area contributed by atoms with Crippen molar-refractivity contribution < 1.29 is 19.1 Å². The van der Waals surface area contributed by atoms with Crippen LogP contribution >= 0.6 is 12.2 Å². The maximum absolute atomic E-state index is 12.5. The van der Waals surface area contributed by atoms with Gasteiger partial charge in [-0.05, 0) is 62.5 Å². The van der Waals surface area contributed by atoms with Crippen molar-refractivity contribution in [1.29, 1.82) is 0 Å². The molecule has 2 aromatic rings. The Morgan fingerprint density at radius 2 is 1.69 bits per heavy atom. The van der Waals surface area contributed by atoms with Crippen LogP contribution in [0.25, 0.3) is 0 Å². The lowest BCUT2D eigenvalue weighted by atomic mass is 10.2. The lowest BCUT2D eigenvalue weighted by Crippen LogP contribution is -2.34. The van der Waals surface area contributed by atoms with Crippen LogP contribution in [0.15, 0.2) is 48.5 Å². The highest BCUT2D eigenvalue weighted by Crippen LogP contribution is 2.19. The molecular formula is C19H20N2O4S. The molecular weight excluding hydrogens is 352 g/mol. The predicted octanol–water partition coefficient (Wildman–Crippen LogP) is 3.39. The lowest BCUT2D eigenvalue weighted by molar-refractivity contribution is 0.0600. The molecule has 0 spiro atoms. The smallest absolute Gasteiger partial charge is 0.337 e. The number of thiocarbonyl (C=S) groups is 1. The van der Waals surface area contributed by atoms with E-state index in [2.05, 4.69) is 15.4 Å². The first-order valence-corrected chi connectivity index (χ1v) is 8.38. The standard InChI is InChI=1S/C19H20N2O4S/c1-12(2)25-16-7-5-4-6-15(16)17(22)21-19(26)20-14-10-8-13(9-11-14)18(23)24-3/h4-12H,1-3H3,(H2,20,21,22,26). The Morgan fingerprint density at radius 3 is 2.31 bits per heavy atom. The second-order valence-electron chi connectivity index (χ2n) is 5.64. The molecule has 2 rings (SSSR count). The number of para-hydroxylation sites is 1. The first-order chi connectivity index (χ1) is 12.4. The Balaban J connectivity index is 2.02. The van der Waals surface area contributed by atoms with Gasteiger partial charge in [0.05, 0.1) is 24.3 Å². The number of esters is 1. The molecule has 0 fully saturated rings. The molecule has 0 atom stereocenters. The van der Waals surface area contributed by atoms with Gasteiger partial charge in [0.15, 0.2) is 5.11 Å². The third-order valence-electron chi connectivity index (χ3n) is 3.29. The van der Waals surface area contributed by atoms with E-state index in [1.54, 1.807) is 48.5 Å². The molecule has 136 valence electrons. The van der Waals surface area contributed by atoms with Crippen molar-refractivity contribution in [3.63, 3.8) is 0 Å². The number of nitrogens with one attached hydrogen (secondary N) is 2. The maximum Gasteiger partial charge on any atom is 0.337 e. The summed E-state index contributed by atoms with van der Waals surface area (Å²) in [5, 5.41) is 5.65. The summed E-state index contributed by atoms with van der Waals surface area (Å²) in [6, 6.07) is 13.5. The Bertz CT molecular complexity index is 803. The molecule has 0 saturated carbocycles. The second-order valence-corrected chi connectivity index (χ2v) is 6.05. The zero-order valence-electron chi connectivity index (χ0n) is 14.7. The molecule has 0 aliphatic rings. The Kier molecular flexibility index (Phi) is 6.68. The van der Waals surface area contributed by atoms with Gasteiger partial charge in [0.1, 0.15) is 5.75 Å². The summed E-state index contributed by atoms with van der Waals surface area (Å²) >= 11 is 5.18. The van der Waals surface area contributed by atoms with E-state index in [-0.39, 0.29) is 17.1 Å². The fraction of sp³-hybridized carbons (Fsp3) is 0.211. The fourth-order valence-corrected chi connectivity index (χ4v) is 2.36. The van der Waals surface area contributed by atoms with E-state index < -0.39 is 5.97 Å². The summed E-state index contributed by atoms with van der Waals surface area (Å²) in [5.41, 5.74) is 1.45. The molecule has 0 aromatic heterocycles. The summed E-state index contributed by atoms with van der Waals surface area (Å²) in [6.07, 6.45) is -0.0534. The number of rotatable bonds is 5. The predicted molar refractivity (Wildman–Crippen MR) is 104 cm³/mol. The van der Waals surface area contributed by atoms with Crippen molar-refractivity contribution >= 4 is 34.9 Å². The van der Waals surface area contributed by atoms with Crippen LogP contribution in [0.2, 0.25) is 0 Å². The summed E-state index contributed by atoms with van der Waals surface area (Å²) in [5.74, 6) is -0.302. The molecule has 0 saturated heterocycles. The van der Waals surface area contributed by atoms with E-state index in [1.165, 1.54) is 7.11 Å². The van der Waals surface area contributed by atoms with Crippen LogP contribution in [0, 0.1) is 0 Å². The number of hydrogen-bond acceptors (Lipinski definition) is 5. The fourth-order valence-electron chi connectivity index (χ4n) is 2.15. The largest absolute Gasteiger partial charge is 0.490 e. The minimum absolute atomic E-state index is 0.0534. The number of carbonyl (C=O) groups excluding carboxylic acids is 2. The van der Waals surface area contributed by atoms with Crippen molar-refractivity contribution in [2.24, 2.45) is 0 Å². The molecule has 26 heavy (non-hydrogen) atoms. The Labute approximate surface area is 157 Å². The summed E-state index contributed by atoms with van der Waals surface area (Å²) in [7, 11) is 1.32. The lowest BCUT2D eigenvalue weighted by Gasteiger charge is -2.15. The summed E-state index contributed by atoms with van der Waals surface area (Å²) in [6.45, 7) is 3.78. The first kappa shape index (κ1) is 19.4. The first-order valence-electron chi connectivity index (χ1n) is 7.97. The summed E-state index contributed by atoms with van der Waals surface area (Å²) < 4.78 is 10.3. The third kappa shape index (κ3) is 5.29. The van der Waals surface area contributed by atoms with Gasteiger partial charge >= 0.3 is 5.97 Å². The van der Waals surface area contributed by atoms with Crippen molar-refractivity contribution in [2.75, 3.05) is 12.4 Å². The van der Waals surface area contributed by atoms with Gasteiger partial charge in [-0.3, -0.25) is 10.1 Å². The SMILES string of the molecule is COC(=O)c1ccc(NC(=S)NC(=O)c2ccccc2OC(C)C)cc1. The Morgan fingerprint density at radius 1 is 1.04 bits per heavy atom. The van der Waals surface area contributed by atoms with Crippen LogP contribution in [0.4, 0.5) is 5.69 Å². The monoisotopic (exact) mass is 372 g/mol.